The van der Waals surface area contributed by atoms with E-state index in [1.165, 1.54) is 7.11 Å². The molecule has 1 aliphatic heterocycles. The minimum atomic E-state index is -0.327. The number of hydrogen-bond donors (Lipinski definition) is 2. The zero-order valence-electron chi connectivity index (χ0n) is 11.0. The van der Waals surface area contributed by atoms with E-state index in [-0.39, 0.29) is 17.9 Å². The van der Waals surface area contributed by atoms with Crippen LogP contribution in [0.5, 0.6) is 11.5 Å². The van der Waals surface area contributed by atoms with E-state index in [0.717, 1.165) is 0 Å². The topological polar surface area (TPSA) is 82.8 Å². The molecule has 1 fully saturated rings. The molecular weight excluding hydrogens is 248 g/mol. The number of amides is 1. The summed E-state index contributed by atoms with van der Waals surface area (Å²) >= 11 is 0. The summed E-state index contributed by atoms with van der Waals surface area (Å²) in [5, 5.41) is 2.81. The highest BCUT2D eigenvalue weighted by molar-refractivity contribution is 5.94. The van der Waals surface area contributed by atoms with Gasteiger partial charge in [-0.3, -0.25) is 4.79 Å². The second kappa shape index (κ2) is 5.90. The van der Waals surface area contributed by atoms with Crippen molar-refractivity contribution in [2.75, 3.05) is 32.8 Å². The molecule has 2 atom stereocenters. The minimum Gasteiger partial charge on any atom is -0.497 e. The summed E-state index contributed by atoms with van der Waals surface area (Å²) in [5.74, 6) is 0.719. The van der Waals surface area contributed by atoms with Crippen LogP contribution in [0.25, 0.3) is 0 Å². The SMILES string of the molecule is COc1ccc(NC(=O)C2COCC2N)c(OC)c1. The number of hydrogen-bond acceptors (Lipinski definition) is 5. The molecular formula is C13H18N2O4. The maximum atomic E-state index is 12.1. The predicted molar refractivity (Wildman–Crippen MR) is 70.5 cm³/mol. The van der Waals surface area contributed by atoms with Crippen LogP contribution in [-0.2, 0) is 9.53 Å². The van der Waals surface area contributed by atoms with Crippen molar-refractivity contribution in [2.24, 2.45) is 11.7 Å². The molecule has 1 amide bonds. The van der Waals surface area contributed by atoms with Gasteiger partial charge < -0.3 is 25.3 Å². The molecule has 104 valence electrons. The van der Waals surface area contributed by atoms with Crippen LogP contribution in [0.2, 0.25) is 0 Å². The molecule has 0 spiro atoms. The first-order chi connectivity index (χ1) is 9.15. The van der Waals surface area contributed by atoms with Crippen LogP contribution in [0.15, 0.2) is 18.2 Å². The second-order valence-electron chi connectivity index (χ2n) is 4.36. The molecule has 6 heteroatoms. The molecule has 1 heterocycles. The zero-order valence-corrected chi connectivity index (χ0v) is 11.0. The van der Waals surface area contributed by atoms with E-state index in [9.17, 15) is 4.79 Å². The molecule has 0 saturated carbocycles. The van der Waals surface area contributed by atoms with Crippen molar-refractivity contribution in [1.29, 1.82) is 0 Å². The van der Waals surface area contributed by atoms with Gasteiger partial charge in [-0.15, -0.1) is 0 Å². The molecule has 6 nitrogen and oxygen atoms in total. The Hall–Kier alpha value is -1.79. The van der Waals surface area contributed by atoms with Gasteiger partial charge in [0, 0.05) is 12.1 Å². The van der Waals surface area contributed by atoms with Gasteiger partial charge in [-0.05, 0) is 12.1 Å². The Morgan fingerprint density at radius 2 is 2.16 bits per heavy atom. The molecule has 1 saturated heterocycles. The first-order valence-corrected chi connectivity index (χ1v) is 6.02. The Bertz CT molecular complexity index is 464. The number of carbonyl (C=O) groups is 1. The van der Waals surface area contributed by atoms with Gasteiger partial charge in [-0.25, -0.2) is 0 Å². The Balaban J connectivity index is 2.12. The van der Waals surface area contributed by atoms with Gasteiger partial charge in [0.15, 0.2) is 0 Å². The fraction of sp³-hybridized carbons (Fsp3) is 0.462. The smallest absolute Gasteiger partial charge is 0.231 e. The average Bonchev–Trinajstić information content (AvgIpc) is 2.85. The maximum Gasteiger partial charge on any atom is 0.231 e. The maximum absolute atomic E-state index is 12.1. The van der Waals surface area contributed by atoms with Crippen LogP contribution in [0, 0.1) is 5.92 Å². The van der Waals surface area contributed by atoms with Crippen LogP contribution in [0.4, 0.5) is 5.69 Å². The Morgan fingerprint density at radius 1 is 1.37 bits per heavy atom. The molecule has 1 aliphatic rings. The highest BCUT2D eigenvalue weighted by Gasteiger charge is 2.31. The van der Waals surface area contributed by atoms with E-state index in [1.807, 2.05) is 0 Å². The van der Waals surface area contributed by atoms with Crippen LogP contribution in [0.3, 0.4) is 0 Å². The summed E-state index contributed by atoms with van der Waals surface area (Å²) in [7, 11) is 3.11. The van der Waals surface area contributed by atoms with Crippen LogP contribution < -0.4 is 20.5 Å². The van der Waals surface area contributed by atoms with E-state index < -0.39 is 0 Å². The van der Waals surface area contributed by atoms with Crippen molar-refractivity contribution in [3.05, 3.63) is 18.2 Å². The highest BCUT2D eigenvalue weighted by atomic mass is 16.5. The third-order valence-corrected chi connectivity index (χ3v) is 3.13. The van der Waals surface area contributed by atoms with E-state index in [2.05, 4.69) is 5.32 Å². The minimum absolute atomic E-state index is 0.159. The van der Waals surface area contributed by atoms with E-state index in [0.29, 0.717) is 30.4 Å². The van der Waals surface area contributed by atoms with Crippen molar-refractivity contribution in [3.63, 3.8) is 0 Å². The molecule has 19 heavy (non-hydrogen) atoms. The summed E-state index contributed by atoms with van der Waals surface area (Å²) in [4.78, 5) is 12.1. The number of benzene rings is 1. The fourth-order valence-corrected chi connectivity index (χ4v) is 1.97. The lowest BCUT2D eigenvalue weighted by Gasteiger charge is -2.15. The molecule has 0 aliphatic carbocycles. The van der Waals surface area contributed by atoms with Crippen molar-refractivity contribution in [1.82, 2.24) is 0 Å². The monoisotopic (exact) mass is 266 g/mol. The summed E-state index contributed by atoms with van der Waals surface area (Å²) in [5.41, 5.74) is 6.40. The lowest BCUT2D eigenvalue weighted by atomic mass is 10.0. The van der Waals surface area contributed by atoms with E-state index in [1.54, 1.807) is 25.3 Å². The molecule has 2 unspecified atom stereocenters. The largest absolute Gasteiger partial charge is 0.497 e. The van der Waals surface area contributed by atoms with Crippen molar-refractivity contribution >= 4 is 11.6 Å². The second-order valence-corrected chi connectivity index (χ2v) is 4.36. The van der Waals surface area contributed by atoms with Gasteiger partial charge in [-0.1, -0.05) is 0 Å². The molecule has 3 N–H and O–H groups in total. The number of methoxy groups -OCH3 is 2. The lowest BCUT2D eigenvalue weighted by Crippen LogP contribution is -2.37. The zero-order chi connectivity index (χ0) is 13.8. The molecule has 1 aromatic carbocycles. The first-order valence-electron chi connectivity index (χ1n) is 6.02. The van der Waals surface area contributed by atoms with E-state index >= 15 is 0 Å². The summed E-state index contributed by atoms with van der Waals surface area (Å²) < 4.78 is 15.5. The predicted octanol–water partition coefficient (Wildman–Crippen LogP) is 0.616. The third kappa shape index (κ3) is 2.97. The van der Waals surface area contributed by atoms with Crippen molar-refractivity contribution in [3.8, 4) is 11.5 Å². The number of carbonyl (C=O) groups excluding carboxylic acids is 1. The molecule has 1 aromatic rings. The van der Waals surface area contributed by atoms with Gasteiger partial charge in [-0.2, -0.15) is 0 Å². The van der Waals surface area contributed by atoms with Crippen molar-refractivity contribution in [2.45, 2.75) is 6.04 Å². The highest BCUT2D eigenvalue weighted by Crippen LogP contribution is 2.29. The van der Waals surface area contributed by atoms with Gasteiger partial charge in [0.25, 0.3) is 0 Å². The Kier molecular flexibility index (Phi) is 4.24. The number of rotatable bonds is 4. The molecule has 2 rings (SSSR count). The molecule has 0 aromatic heterocycles. The molecule has 0 radical (unpaired) electrons. The number of nitrogens with one attached hydrogen (secondary N) is 1. The van der Waals surface area contributed by atoms with Crippen LogP contribution >= 0.6 is 0 Å². The van der Waals surface area contributed by atoms with Gasteiger partial charge in [0.2, 0.25) is 5.91 Å². The number of anilines is 1. The molecule has 0 bridgehead atoms. The lowest BCUT2D eigenvalue weighted by molar-refractivity contribution is -0.120. The summed E-state index contributed by atoms with van der Waals surface area (Å²) in [6, 6.07) is 4.94. The van der Waals surface area contributed by atoms with Gasteiger partial charge in [0.1, 0.15) is 11.5 Å². The van der Waals surface area contributed by atoms with Gasteiger partial charge in [0.05, 0.1) is 39.0 Å². The normalized spacial score (nSPS) is 22.1. The quantitative estimate of drug-likeness (QED) is 0.834. The average molecular weight is 266 g/mol. The summed E-state index contributed by atoms with van der Waals surface area (Å²) in [6.07, 6.45) is 0. The van der Waals surface area contributed by atoms with Crippen LogP contribution in [-0.4, -0.2) is 39.4 Å². The standard InChI is InChI=1S/C13H18N2O4/c1-17-8-3-4-11(12(5-8)18-2)15-13(16)9-6-19-7-10(9)14/h3-5,9-10H,6-7,14H2,1-2H3,(H,15,16). The summed E-state index contributed by atoms with van der Waals surface area (Å²) in [6.45, 7) is 0.767. The Morgan fingerprint density at radius 3 is 2.74 bits per heavy atom. The van der Waals surface area contributed by atoms with E-state index in [4.69, 9.17) is 19.9 Å². The Labute approximate surface area is 111 Å². The number of nitrogens with two attached hydrogens (primary N) is 1. The van der Waals surface area contributed by atoms with Gasteiger partial charge >= 0.3 is 0 Å². The first kappa shape index (κ1) is 13.6. The van der Waals surface area contributed by atoms with Crippen LogP contribution in [0.1, 0.15) is 0 Å². The number of ether oxygens (including phenoxy) is 3. The fourth-order valence-electron chi connectivity index (χ4n) is 1.97. The van der Waals surface area contributed by atoms with Crippen molar-refractivity contribution < 1.29 is 19.0 Å². The third-order valence-electron chi connectivity index (χ3n) is 3.13.